The summed E-state index contributed by atoms with van der Waals surface area (Å²) < 4.78 is 28.3. The number of ether oxygens (including phenoxy) is 1. The summed E-state index contributed by atoms with van der Waals surface area (Å²) in [7, 11) is -3.28. The first-order chi connectivity index (χ1) is 14.2. The molecule has 9 heteroatoms. The third-order valence-electron chi connectivity index (χ3n) is 4.43. The van der Waals surface area contributed by atoms with E-state index in [1.54, 1.807) is 26.0 Å². The number of amides is 1. The van der Waals surface area contributed by atoms with Crippen molar-refractivity contribution in [3.63, 3.8) is 0 Å². The Bertz CT molecular complexity index is 961. The minimum absolute atomic E-state index is 0.122. The predicted molar refractivity (Wildman–Crippen MR) is 117 cm³/mol. The summed E-state index contributed by atoms with van der Waals surface area (Å²) in [6.07, 6.45) is 13.0. The number of nitrogens with zero attached hydrogens (tertiary/aromatic N) is 3. The van der Waals surface area contributed by atoms with Crippen molar-refractivity contribution < 1.29 is 17.9 Å². The van der Waals surface area contributed by atoms with Gasteiger partial charge in [0.2, 0.25) is 5.88 Å². The van der Waals surface area contributed by atoms with Crippen molar-refractivity contribution in [3.05, 3.63) is 54.0 Å². The molecule has 0 saturated heterocycles. The van der Waals surface area contributed by atoms with Crippen molar-refractivity contribution in [3.8, 4) is 5.88 Å². The van der Waals surface area contributed by atoms with E-state index in [0.29, 0.717) is 11.7 Å². The second-order valence-corrected chi connectivity index (χ2v) is 9.11. The predicted octanol–water partition coefficient (Wildman–Crippen LogP) is 3.31. The second kappa shape index (κ2) is 10.8. The smallest absolute Gasteiger partial charge is 0.258 e. The van der Waals surface area contributed by atoms with Gasteiger partial charge in [0.15, 0.2) is 15.7 Å². The molecule has 162 valence electrons. The number of aliphatic imine (C=N–C) groups is 1. The summed E-state index contributed by atoms with van der Waals surface area (Å²) in [6.45, 7) is 6.90. The number of rotatable bonds is 8. The van der Waals surface area contributed by atoms with Crippen LogP contribution in [0.5, 0.6) is 5.88 Å². The standard InChI is InChI=1S/C21H28N4O4S/c1-5-6-12-22-16(3)29-21-18(14-23-19(25-21)17-9-7-8-10-17)20(26)24-15(2)11-13-30(4,27)28/h5-6,11-15,17H,1,7-10H2,2-4H3,(H,24,26)/b12-6-,13-11+,22-16+/t15-/m0/s1. The maximum absolute atomic E-state index is 12.8. The molecule has 1 heterocycles. The molecule has 0 unspecified atom stereocenters. The highest BCUT2D eigenvalue weighted by molar-refractivity contribution is 7.93. The summed E-state index contributed by atoms with van der Waals surface area (Å²) in [5.74, 6) is 0.862. The van der Waals surface area contributed by atoms with Crippen molar-refractivity contribution in [2.24, 2.45) is 4.99 Å². The van der Waals surface area contributed by atoms with Gasteiger partial charge in [-0.05, 0) is 25.8 Å². The zero-order chi connectivity index (χ0) is 22.1. The summed E-state index contributed by atoms with van der Waals surface area (Å²) in [5, 5.41) is 3.76. The van der Waals surface area contributed by atoms with Crippen molar-refractivity contribution in [2.75, 3.05) is 6.26 Å². The van der Waals surface area contributed by atoms with Gasteiger partial charge in [0, 0.05) is 42.9 Å². The van der Waals surface area contributed by atoms with Crippen LogP contribution in [-0.2, 0) is 9.84 Å². The highest BCUT2D eigenvalue weighted by Crippen LogP contribution is 2.33. The fraction of sp³-hybridized carbons (Fsp3) is 0.429. The molecule has 2 rings (SSSR count). The van der Waals surface area contributed by atoms with Crippen LogP contribution in [0.2, 0.25) is 0 Å². The number of carbonyl (C=O) groups excluding carboxylic acids is 1. The molecule has 1 N–H and O–H groups in total. The molecule has 0 bridgehead atoms. The molecular formula is C21H28N4O4S. The molecule has 0 radical (unpaired) electrons. The third kappa shape index (κ3) is 7.55. The molecule has 1 aromatic heterocycles. The number of nitrogens with one attached hydrogen (secondary N) is 1. The van der Waals surface area contributed by atoms with Crippen LogP contribution in [-0.4, -0.2) is 42.5 Å². The molecule has 1 atom stereocenters. The zero-order valence-electron chi connectivity index (χ0n) is 17.5. The molecule has 0 aromatic carbocycles. The van der Waals surface area contributed by atoms with Gasteiger partial charge in [-0.1, -0.05) is 31.6 Å². The molecule has 1 fully saturated rings. The van der Waals surface area contributed by atoms with Gasteiger partial charge in [0.05, 0.1) is 0 Å². The van der Waals surface area contributed by atoms with E-state index in [1.165, 1.54) is 18.5 Å². The fourth-order valence-corrected chi connectivity index (χ4v) is 3.48. The molecule has 0 aliphatic heterocycles. The van der Waals surface area contributed by atoms with Gasteiger partial charge in [0.25, 0.3) is 5.91 Å². The van der Waals surface area contributed by atoms with Crippen molar-refractivity contribution >= 4 is 21.6 Å². The maximum Gasteiger partial charge on any atom is 0.258 e. The number of aromatic nitrogens is 2. The van der Waals surface area contributed by atoms with E-state index < -0.39 is 21.8 Å². The Balaban J connectivity index is 2.28. The lowest BCUT2D eigenvalue weighted by Gasteiger charge is -2.15. The third-order valence-corrected chi connectivity index (χ3v) is 5.08. The molecule has 1 aromatic rings. The molecule has 1 aliphatic carbocycles. The minimum atomic E-state index is -3.28. The van der Waals surface area contributed by atoms with Crippen molar-refractivity contribution in [2.45, 2.75) is 51.5 Å². The number of sulfone groups is 1. The van der Waals surface area contributed by atoms with E-state index in [0.717, 1.165) is 37.3 Å². The van der Waals surface area contributed by atoms with E-state index in [-0.39, 0.29) is 17.4 Å². The van der Waals surface area contributed by atoms with Crippen LogP contribution >= 0.6 is 0 Å². The van der Waals surface area contributed by atoms with Gasteiger partial charge < -0.3 is 10.1 Å². The monoisotopic (exact) mass is 432 g/mol. The second-order valence-electron chi connectivity index (χ2n) is 7.18. The lowest BCUT2D eigenvalue weighted by atomic mass is 10.1. The van der Waals surface area contributed by atoms with Crippen LogP contribution in [0.1, 0.15) is 61.6 Å². The first kappa shape index (κ1) is 23.5. The van der Waals surface area contributed by atoms with Crippen molar-refractivity contribution in [1.29, 1.82) is 0 Å². The molecule has 8 nitrogen and oxygen atoms in total. The summed E-state index contributed by atoms with van der Waals surface area (Å²) in [6, 6.07) is -0.514. The summed E-state index contributed by atoms with van der Waals surface area (Å²) >= 11 is 0. The lowest BCUT2D eigenvalue weighted by molar-refractivity contribution is 0.0944. The fourth-order valence-electron chi connectivity index (χ4n) is 2.96. The van der Waals surface area contributed by atoms with Gasteiger partial charge in [-0.25, -0.2) is 18.4 Å². The highest BCUT2D eigenvalue weighted by Gasteiger charge is 2.24. The average molecular weight is 433 g/mol. The van der Waals surface area contributed by atoms with Crippen LogP contribution in [0.15, 0.2) is 47.6 Å². The number of hydrogen-bond acceptors (Lipinski definition) is 7. The number of allylic oxidation sites excluding steroid dienone is 2. The lowest BCUT2D eigenvalue weighted by Crippen LogP contribution is -2.32. The largest absolute Gasteiger partial charge is 0.424 e. The van der Waals surface area contributed by atoms with E-state index in [1.807, 2.05) is 0 Å². The topological polar surface area (TPSA) is 111 Å². The number of carbonyl (C=O) groups is 1. The minimum Gasteiger partial charge on any atom is -0.424 e. The number of hydrogen-bond donors (Lipinski definition) is 1. The van der Waals surface area contributed by atoms with Crippen molar-refractivity contribution in [1.82, 2.24) is 15.3 Å². The molecule has 1 saturated carbocycles. The first-order valence-electron chi connectivity index (χ1n) is 9.75. The highest BCUT2D eigenvalue weighted by atomic mass is 32.2. The Hall–Kier alpha value is -2.81. The van der Waals surface area contributed by atoms with E-state index >= 15 is 0 Å². The Morgan fingerprint density at radius 2 is 2.10 bits per heavy atom. The van der Waals surface area contributed by atoms with Crippen LogP contribution < -0.4 is 10.1 Å². The molecule has 1 aliphatic rings. The molecule has 1 amide bonds. The summed E-state index contributed by atoms with van der Waals surface area (Å²) in [4.78, 5) is 25.8. The Kier molecular flexibility index (Phi) is 8.46. The van der Waals surface area contributed by atoms with Gasteiger partial charge >= 0.3 is 0 Å². The van der Waals surface area contributed by atoms with Gasteiger partial charge in [-0.2, -0.15) is 4.98 Å². The first-order valence-corrected chi connectivity index (χ1v) is 11.7. The van der Waals surface area contributed by atoms with E-state index in [4.69, 9.17) is 4.74 Å². The van der Waals surface area contributed by atoms with Gasteiger partial charge in [0.1, 0.15) is 11.4 Å². The SMILES string of the molecule is C=C/C=C\N=C(/C)Oc1nc(C2CCCC2)ncc1C(=O)N[C@@H](C)/C=C/S(C)(=O)=O. The Labute approximate surface area is 177 Å². The normalized spacial score (nSPS) is 16.8. The van der Waals surface area contributed by atoms with Crippen LogP contribution in [0.25, 0.3) is 0 Å². The van der Waals surface area contributed by atoms with Crippen LogP contribution in [0, 0.1) is 0 Å². The van der Waals surface area contributed by atoms with Gasteiger partial charge in [-0.3, -0.25) is 4.79 Å². The Morgan fingerprint density at radius 3 is 2.73 bits per heavy atom. The van der Waals surface area contributed by atoms with E-state index in [2.05, 4.69) is 26.9 Å². The maximum atomic E-state index is 12.8. The van der Waals surface area contributed by atoms with Gasteiger partial charge in [-0.15, -0.1) is 0 Å². The molecule has 30 heavy (non-hydrogen) atoms. The Morgan fingerprint density at radius 1 is 1.40 bits per heavy atom. The summed E-state index contributed by atoms with van der Waals surface area (Å²) in [5.41, 5.74) is 0.151. The van der Waals surface area contributed by atoms with Crippen LogP contribution in [0.3, 0.4) is 0 Å². The van der Waals surface area contributed by atoms with Crippen LogP contribution in [0.4, 0.5) is 0 Å². The van der Waals surface area contributed by atoms with E-state index in [9.17, 15) is 13.2 Å². The quantitative estimate of drug-likeness (QED) is 0.383. The average Bonchev–Trinajstić information content (AvgIpc) is 3.21. The molecule has 0 spiro atoms. The molecular weight excluding hydrogens is 404 g/mol. The zero-order valence-corrected chi connectivity index (χ0v) is 18.4.